The first-order valence-corrected chi connectivity index (χ1v) is 5.75. The maximum atomic E-state index is 11.6. The van der Waals surface area contributed by atoms with E-state index in [-0.39, 0.29) is 11.6 Å². The van der Waals surface area contributed by atoms with Crippen LogP contribution in [0, 0.1) is 0 Å². The molecule has 0 radical (unpaired) electrons. The van der Waals surface area contributed by atoms with Crippen LogP contribution in [0.15, 0.2) is 47.5 Å². The van der Waals surface area contributed by atoms with Gasteiger partial charge in [-0.05, 0) is 24.3 Å². The van der Waals surface area contributed by atoms with E-state index in [9.17, 15) is 4.79 Å². The largest absolute Gasteiger partial charge is 0.497 e. The molecule has 2 rings (SSSR count). The van der Waals surface area contributed by atoms with Gasteiger partial charge in [-0.25, -0.2) is 0 Å². The van der Waals surface area contributed by atoms with Crippen LogP contribution in [0.1, 0.15) is 10.5 Å². The zero-order valence-corrected chi connectivity index (χ0v) is 10.6. The highest BCUT2D eigenvalue weighted by Gasteiger charge is 2.12. The van der Waals surface area contributed by atoms with Crippen molar-refractivity contribution >= 4 is 5.91 Å². The summed E-state index contributed by atoms with van der Waals surface area (Å²) in [7, 11) is 1.60. The molecule has 98 valence electrons. The summed E-state index contributed by atoms with van der Waals surface area (Å²) in [6.45, 7) is 3.92. The second kappa shape index (κ2) is 5.86. The number of benzene rings is 1. The maximum absolute atomic E-state index is 11.6. The Bertz CT molecular complexity index is 573. The number of methoxy groups -OCH3 is 1. The van der Waals surface area contributed by atoms with E-state index in [0.717, 1.165) is 11.3 Å². The lowest BCUT2D eigenvalue weighted by Gasteiger charge is -1.99. The van der Waals surface area contributed by atoms with Crippen LogP contribution < -0.4 is 10.1 Å². The van der Waals surface area contributed by atoms with E-state index in [1.807, 2.05) is 24.3 Å². The van der Waals surface area contributed by atoms with E-state index in [1.54, 1.807) is 19.3 Å². The first-order valence-electron chi connectivity index (χ1n) is 5.75. The molecule has 0 spiro atoms. The molecule has 1 heterocycles. The van der Waals surface area contributed by atoms with Gasteiger partial charge in [0.25, 0.3) is 5.91 Å². The van der Waals surface area contributed by atoms with E-state index in [0.29, 0.717) is 12.3 Å². The predicted molar refractivity (Wildman–Crippen MR) is 71.0 cm³/mol. The van der Waals surface area contributed by atoms with Gasteiger partial charge < -0.3 is 14.6 Å². The summed E-state index contributed by atoms with van der Waals surface area (Å²) in [5.74, 6) is 1.00. The van der Waals surface area contributed by atoms with Crippen molar-refractivity contribution in [2.45, 2.75) is 0 Å². The Morgan fingerprint density at radius 1 is 1.47 bits per heavy atom. The Hall–Kier alpha value is -2.56. The summed E-state index contributed by atoms with van der Waals surface area (Å²) in [5, 5.41) is 6.37. The Morgan fingerprint density at radius 3 is 2.84 bits per heavy atom. The summed E-state index contributed by atoms with van der Waals surface area (Å²) >= 11 is 0. The average Bonchev–Trinajstić information content (AvgIpc) is 2.94. The fraction of sp³-hybridized carbons (Fsp3) is 0.143. The number of ether oxygens (including phenoxy) is 1. The monoisotopic (exact) mass is 258 g/mol. The SMILES string of the molecule is C=CCNC(=O)c1cc(-c2ccc(OC)cc2)on1. The topological polar surface area (TPSA) is 64.4 Å². The molecule has 0 saturated heterocycles. The van der Waals surface area contributed by atoms with E-state index in [4.69, 9.17) is 9.26 Å². The van der Waals surface area contributed by atoms with Gasteiger partial charge >= 0.3 is 0 Å². The second-order valence-corrected chi connectivity index (χ2v) is 3.80. The lowest BCUT2D eigenvalue weighted by atomic mass is 10.1. The summed E-state index contributed by atoms with van der Waals surface area (Å²) in [4.78, 5) is 11.6. The first-order chi connectivity index (χ1) is 9.24. The number of amides is 1. The highest BCUT2D eigenvalue weighted by Crippen LogP contribution is 2.22. The van der Waals surface area contributed by atoms with Crippen molar-refractivity contribution in [3.8, 4) is 17.1 Å². The van der Waals surface area contributed by atoms with Crippen molar-refractivity contribution in [2.75, 3.05) is 13.7 Å². The quantitative estimate of drug-likeness (QED) is 0.835. The van der Waals surface area contributed by atoms with Gasteiger partial charge in [-0.1, -0.05) is 11.2 Å². The average molecular weight is 258 g/mol. The summed E-state index contributed by atoms with van der Waals surface area (Å²) < 4.78 is 10.2. The van der Waals surface area contributed by atoms with Crippen molar-refractivity contribution in [1.82, 2.24) is 10.5 Å². The molecule has 0 unspecified atom stereocenters. The van der Waals surface area contributed by atoms with Gasteiger partial charge in [0, 0.05) is 18.2 Å². The smallest absolute Gasteiger partial charge is 0.273 e. The zero-order chi connectivity index (χ0) is 13.7. The molecule has 0 aliphatic carbocycles. The minimum atomic E-state index is -0.289. The van der Waals surface area contributed by atoms with Crippen LogP contribution in [-0.2, 0) is 0 Å². The zero-order valence-electron chi connectivity index (χ0n) is 10.6. The van der Waals surface area contributed by atoms with Crippen LogP contribution in [0.3, 0.4) is 0 Å². The third-order valence-electron chi connectivity index (χ3n) is 2.52. The van der Waals surface area contributed by atoms with E-state index in [1.165, 1.54) is 0 Å². The number of rotatable bonds is 5. The minimum Gasteiger partial charge on any atom is -0.497 e. The highest BCUT2D eigenvalue weighted by molar-refractivity contribution is 5.93. The van der Waals surface area contributed by atoms with Gasteiger partial charge in [0.05, 0.1) is 7.11 Å². The van der Waals surface area contributed by atoms with Crippen molar-refractivity contribution in [1.29, 1.82) is 0 Å². The molecule has 19 heavy (non-hydrogen) atoms. The van der Waals surface area contributed by atoms with Crippen molar-refractivity contribution in [3.05, 3.63) is 48.7 Å². The third kappa shape index (κ3) is 3.01. The molecule has 0 aliphatic rings. The Morgan fingerprint density at radius 2 is 2.21 bits per heavy atom. The van der Waals surface area contributed by atoms with E-state index >= 15 is 0 Å². The van der Waals surface area contributed by atoms with Crippen molar-refractivity contribution in [2.24, 2.45) is 0 Å². The molecule has 0 bridgehead atoms. The van der Waals surface area contributed by atoms with Crippen molar-refractivity contribution < 1.29 is 14.1 Å². The molecule has 0 aliphatic heterocycles. The molecule has 2 aromatic rings. The van der Waals surface area contributed by atoms with Crippen LogP contribution in [0.5, 0.6) is 5.75 Å². The number of nitrogens with one attached hydrogen (secondary N) is 1. The lowest BCUT2D eigenvalue weighted by molar-refractivity contribution is 0.0949. The van der Waals surface area contributed by atoms with Gasteiger partial charge in [-0.3, -0.25) is 4.79 Å². The molecule has 0 fully saturated rings. The molecule has 5 heteroatoms. The van der Waals surface area contributed by atoms with Gasteiger partial charge in [0.2, 0.25) is 0 Å². The second-order valence-electron chi connectivity index (χ2n) is 3.80. The number of aromatic nitrogens is 1. The number of hydrogen-bond acceptors (Lipinski definition) is 4. The van der Waals surface area contributed by atoms with Gasteiger partial charge in [0.1, 0.15) is 5.75 Å². The molecule has 0 saturated carbocycles. The number of nitrogens with zero attached hydrogens (tertiary/aromatic N) is 1. The van der Waals surface area contributed by atoms with Gasteiger partial charge in [0.15, 0.2) is 11.5 Å². The summed E-state index contributed by atoms with van der Waals surface area (Å²) in [5.41, 5.74) is 1.07. The number of carbonyl (C=O) groups is 1. The summed E-state index contributed by atoms with van der Waals surface area (Å²) in [6, 6.07) is 8.90. The molecule has 1 aromatic carbocycles. The van der Waals surface area contributed by atoms with Crippen LogP contribution in [0.25, 0.3) is 11.3 Å². The molecule has 1 N–H and O–H groups in total. The molecule has 1 amide bonds. The lowest BCUT2D eigenvalue weighted by Crippen LogP contribution is -2.23. The van der Waals surface area contributed by atoms with Crippen LogP contribution in [0.2, 0.25) is 0 Å². The maximum Gasteiger partial charge on any atom is 0.273 e. The molecule has 1 aromatic heterocycles. The molecule has 5 nitrogen and oxygen atoms in total. The number of carbonyl (C=O) groups excluding carboxylic acids is 1. The Labute approximate surface area is 110 Å². The van der Waals surface area contributed by atoms with E-state index < -0.39 is 0 Å². The third-order valence-corrected chi connectivity index (χ3v) is 2.52. The first kappa shape index (κ1) is 12.9. The highest BCUT2D eigenvalue weighted by atomic mass is 16.5. The van der Waals surface area contributed by atoms with Crippen LogP contribution in [-0.4, -0.2) is 24.7 Å². The van der Waals surface area contributed by atoms with E-state index in [2.05, 4.69) is 17.1 Å². The molecule has 0 atom stereocenters. The predicted octanol–water partition coefficient (Wildman–Crippen LogP) is 2.27. The van der Waals surface area contributed by atoms with Crippen LogP contribution in [0.4, 0.5) is 0 Å². The Balaban J connectivity index is 2.15. The van der Waals surface area contributed by atoms with Gasteiger partial charge in [-0.2, -0.15) is 0 Å². The summed E-state index contributed by atoms with van der Waals surface area (Å²) in [6.07, 6.45) is 1.60. The van der Waals surface area contributed by atoms with Gasteiger partial charge in [-0.15, -0.1) is 6.58 Å². The number of hydrogen-bond donors (Lipinski definition) is 1. The standard InChI is InChI=1S/C14H14N2O3/c1-3-8-15-14(17)12-9-13(19-16-12)10-4-6-11(18-2)7-5-10/h3-7,9H,1,8H2,2H3,(H,15,17). The normalized spacial score (nSPS) is 9.95. The van der Waals surface area contributed by atoms with Crippen molar-refractivity contribution in [3.63, 3.8) is 0 Å². The molecular weight excluding hydrogens is 244 g/mol. The Kier molecular flexibility index (Phi) is 3.97. The fourth-order valence-electron chi connectivity index (χ4n) is 1.53. The fourth-order valence-corrected chi connectivity index (χ4v) is 1.53. The minimum absolute atomic E-state index is 0.243. The molecular formula is C14H14N2O3. The van der Waals surface area contributed by atoms with Crippen LogP contribution >= 0.6 is 0 Å².